The van der Waals surface area contributed by atoms with Gasteiger partial charge in [0.25, 0.3) is 0 Å². The van der Waals surface area contributed by atoms with Crippen LogP contribution in [0, 0.1) is 5.92 Å². The minimum atomic E-state index is 0.326. The third-order valence-corrected chi connectivity index (χ3v) is 1.58. The van der Waals surface area contributed by atoms with Crippen molar-refractivity contribution in [2.45, 2.75) is 40.0 Å². The number of hydrogen-bond donors (Lipinski definition) is 0. The third kappa shape index (κ3) is 5.84. The zero-order valence-electron chi connectivity index (χ0n) is 7.81. The molecule has 0 radical (unpaired) electrons. The molecule has 0 atom stereocenters. The molecule has 0 aromatic carbocycles. The number of Topliss-reactive ketones (excluding diaryl/α,β-unsaturated/α-hetero) is 1. The second-order valence-corrected chi connectivity index (χ2v) is 3.42. The van der Waals surface area contributed by atoms with Crippen LogP contribution in [0.15, 0.2) is 12.2 Å². The summed E-state index contributed by atoms with van der Waals surface area (Å²) in [6.07, 6.45) is 2.19. The van der Waals surface area contributed by atoms with E-state index in [-0.39, 0.29) is 0 Å². The molecule has 64 valence electrons. The summed E-state index contributed by atoms with van der Waals surface area (Å²) in [6.45, 7) is 9.96. The topological polar surface area (TPSA) is 17.1 Å². The van der Waals surface area contributed by atoms with Crippen molar-refractivity contribution in [3.63, 3.8) is 0 Å². The molecule has 0 aliphatic rings. The highest BCUT2D eigenvalue weighted by atomic mass is 16.1. The van der Waals surface area contributed by atoms with Crippen LogP contribution in [0.4, 0.5) is 0 Å². The van der Waals surface area contributed by atoms with Crippen molar-refractivity contribution in [2.75, 3.05) is 0 Å². The van der Waals surface area contributed by atoms with Gasteiger partial charge in [-0.05, 0) is 12.3 Å². The SMILES string of the molecule is C=C(CC)CC(=O)CC(C)C. The maximum atomic E-state index is 11.2. The Bertz CT molecular complexity index is 145. The molecule has 0 fully saturated rings. The van der Waals surface area contributed by atoms with Crippen LogP contribution in [-0.2, 0) is 4.79 Å². The first-order valence-electron chi connectivity index (χ1n) is 4.24. The molecule has 0 spiro atoms. The Balaban J connectivity index is 3.61. The Labute approximate surface area is 69.5 Å². The lowest BCUT2D eigenvalue weighted by atomic mass is 10.0. The van der Waals surface area contributed by atoms with Gasteiger partial charge in [0.15, 0.2) is 0 Å². The Kier molecular flexibility index (Phi) is 4.84. The zero-order chi connectivity index (χ0) is 8.85. The molecule has 0 bridgehead atoms. The van der Waals surface area contributed by atoms with E-state index in [1.807, 2.05) is 6.92 Å². The van der Waals surface area contributed by atoms with Gasteiger partial charge < -0.3 is 0 Å². The van der Waals surface area contributed by atoms with Crippen molar-refractivity contribution in [3.8, 4) is 0 Å². The van der Waals surface area contributed by atoms with Crippen molar-refractivity contribution in [1.29, 1.82) is 0 Å². The van der Waals surface area contributed by atoms with Gasteiger partial charge in [0.1, 0.15) is 5.78 Å². The number of carbonyl (C=O) groups is 1. The Morgan fingerprint density at radius 2 is 2.00 bits per heavy atom. The molecule has 0 aliphatic heterocycles. The van der Waals surface area contributed by atoms with Gasteiger partial charge in [-0.25, -0.2) is 0 Å². The summed E-state index contributed by atoms with van der Waals surface area (Å²) in [5, 5.41) is 0. The second-order valence-electron chi connectivity index (χ2n) is 3.42. The summed E-state index contributed by atoms with van der Waals surface area (Å²) < 4.78 is 0. The number of ketones is 1. The lowest BCUT2D eigenvalue weighted by molar-refractivity contribution is -0.119. The van der Waals surface area contributed by atoms with Gasteiger partial charge in [-0.15, -0.1) is 0 Å². The molecule has 0 unspecified atom stereocenters. The lowest BCUT2D eigenvalue weighted by Gasteiger charge is -2.03. The first kappa shape index (κ1) is 10.4. The molecule has 0 aliphatic carbocycles. The molecule has 11 heavy (non-hydrogen) atoms. The van der Waals surface area contributed by atoms with E-state index in [2.05, 4.69) is 20.4 Å². The van der Waals surface area contributed by atoms with Gasteiger partial charge in [0.2, 0.25) is 0 Å². The molecule has 1 nitrogen and oxygen atoms in total. The molecule has 0 N–H and O–H groups in total. The van der Waals surface area contributed by atoms with Crippen LogP contribution in [-0.4, -0.2) is 5.78 Å². The average molecular weight is 154 g/mol. The van der Waals surface area contributed by atoms with E-state index < -0.39 is 0 Å². The van der Waals surface area contributed by atoms with Crippen LogP contribution < -0.4 is 0 Å². The fourth-order valence-corrected chi connectivity index (χ4v) is 0.931. The summed E-state index contributed by atoms with van der Waals surface area (Å²) >= 11 is 0. The standard InChI is InChI=1S/C10H18O/c1-5-9(4)7-10(11)6-8(2)3/h8H,4-7H2,1-3H3. The number of allylic oxidation sites excluding steroid dienone is 1. The second kappa shape index (κ2) is 5.11. The summed E-state index contributed by atoms with van der Waals surface area (Å²) in [6, 6.07) is 0. The van der Waals surface area contributed by atoms with Gasteiger partial charge >= 0.3 is 0 Å². The van der Waals surface area contributed by atoms with Crippen molar-refractivity contribution < 1.29 is 4.79 Å². The first-order valence-corrected chi connectivity index (χ1v) is 4.24. The molecule has 0 saturated carbocycles. The van der Waals surface area contributed by atoms with E-state index in [4.69, 9.17) is 0 Å². The van der Waals surface area contributed by atoms with E-state index in [1.54, 1.807) is 0 Å². The summed E-state index contributed by atoms with van der Waals surface area (Å²) in [7, 11) is 0. The molecule has 0 aromatic heterocycles. The van der Waals surface area contributed by atoms with Crippen LogP contribution in [0.5, 0.6) is 0 Å². The molecule has 0 saturated heterocycles. The van der Waals surface area contributed by atoms with E-state index in [1.165, 1.54) is 0 Å². The van der Waals surface area contributed by atoms with Crippen LogP contribution in [0.2, 0.25) is 0 Å². The molecule has 0 heterocycles. The van der Waals surface area contributed by atoms with Crippen LogP contribution >= 0.6 is 0 Å². The highest BCUT2D eigenvalue weighted by Crippen LogP contribution is 2.09. The van der Waals surface area contributed by atoms with Crippen LogP contribution in [0.3, 0.4) is 0 Å². The molecular formula is C10H18O. The fourth-order valence-electron chi connectivity index (χ4n) is 0.931. The number of hydrogen-bond acceptors (Lipinski definition) is 1. The zero-order valence-corrected chi connectivity index (χ0v) is 7.81. The maximum absolute atomic E-state index is 11.2. The lowest BCUT2D eigenvalue weighted by Crippen LogP contribution is -2.03. The van der Waals surface area contributed by atoms with E-state index in [0.717, 1.165) is 12.0 Å². The van der Waals surface area contributed by atoms with Gasteiger partial charge in [-0.1, -0.05) is 32.9 Å². The van der Waals surface area contributed by atoms with E-state index >= 15 is 0 Å². The number of rotatable bonds is 5. The monoisotopic (exact) mass is 154 g/mol. The van der Waals surface area contributed by atoms with Crippen LogP contribution in [0.1, 0.15) is 40.0 Å². The van der Waals surface area contributed by atoms with E-state index in [0.29, 0.717) is 24.5 Å². The van der Waals surface area contributed by atoms with Crippen molar-refractivity contribution in [1.82, 2.24) is 0 Å². The normalized spacial score (nSPS) is 10.2. The molecular weight excluding hydrogens is 136 g/mol. The molecule has 1 heteroatoms. The van der Waals surface area contributed by atoms with Gasteiger partial charge in [-0.2, -0.15) is 0 Å². The first-order chi connectivity index (χ1) is 5.06. The third-order valence-electron chi connectivity index (χ3n) is 1.58. The Morgan fingerprint density at radius 1 is 1.45 bits per heavy atom. The fraction of sp³-hybridized carbons (Fsp3) is 0.700. The smallest absolute Gasteiger partial charge is 0.137 e. The van der Waals surface area contributed by atoms with E-state index in [9.17, 15) is 4.79 Å². The minimum absolute atomic E-state index is 0.326. The largest absolute Gasteiger partial charge is 0.299 e. The minimum Gasteiger partial charge on any atom is -0.299 e. The Hall–Kier alpha value is -0.590. The quantitative estimate of drug-likeness (QED) is 0.556. The van der Waals surface area contributed by atoms with Crippen LogP contribution in [0.25, 0.3) is 0 Å². The molecule has 0 aromatic rings. The number of carbonyl (C=O) groups excluding carboxylic acids is 1. The summed E-state index contributed by atoms with van der Waals surface area (Å²) in [5.74, 6) is 0.805. The van der Waals surface area contributed by atoms with Crippen molar-refractivity contribution >= 4 is 5.78 Å². The molecule has 0 amide bonds. The highest BCUT2D eigenvalue weighted by Gasteiger charge is 2.05. The predicted octanol–water partition coefficient (Wildman–Crippen LogP) is 2.96. The van der Waals surface area contributed by atoms with Gasteiger partial charge in [0.05, 0.1) is 0 Å². The highest BCUT2D eigenvalue weighted by molar-refractivity contribution is 5.80. The van der Waals surface area contributed by atoms with Crippen molar-refractivity contribution in [2.24, 2.45) is 5.92 Å². The predicted molar refractivity (Wildman–Crippen MR) is 48.5 cm³/mol. The van der Waals surface area contributed by atoms with Gasteiger partial charge in [0, 0.05) is 12.8 Å². The Morgan fingerprint density at radius 3 is 2.36 bits per heavy atom. The van der Waals surface area contributed by atoms with Crippen molar-refractivity contribution in [3.05, 3.63) is 12.2 Å². The van der Waals surface area contributed by atoms with Gasteiger partial charge in [-0.3, -0.25) is 4.79 Å². The maximum Gasteiger partial charge on any atom is 0.137 e. The average Bonchev–Trinajstić information content (AvgIpc) is 1.85. The summed E-state index contributed by atoms with van der Waals surface area (Å²) in [4.78, 5) is 11.2. The summed E-state index contributed by atoms with van der Waals surface area (Å²) in [5.41, 5.74) is 1.05. The molecule has 0 rings (SSSR count).